The van der Waals surface area contributed by atoms with Crippen LogP contribution in [0.3, 0.4) is 0 Å². The molecule has 25 heavy (non-hydrogen) atoms. The topological polar surface area (TPSA) is 43.1 Å². The highest BCUT2D eigenvalue weighted by atomic mass is 35.5. The Balaban J connectivity index is 1.76. The van der Waals surface area contributed by atoms with Crippen LogP contribution in [-0.4, -0.2) is 21.1 Å². The van der Waals surface area contributed by atoms with E-state index in [-0.39, 0.29) is 0 Å². The fourth-order valence-electron chi connectivity index (χ4n) is 2.01. The third-order valence-corrected chi connectivity index (χ3v) is 5.53. The molecule has 4 nitrogen and oxygen atoms in total. The number of halogens is 3. The van der Waals surface area contributed by atoms with Crippen molar-refractivity contribution in [1.29, 1.82) is 0 Å². The normalized spacial score (nSPS) is 11.4. The second kappa shape index (κ2) is 8.23. The maximum absolute atomic E-state index is 6.18. The van der Waals surface area contributed by atoms with Gasteiger partial charge in [0.1, 0.15) is 6.33 Å². The van der Waals surface area contributed by atoms with E-state index >= 15 is 0 Å². The van der Waals surface area contributed by atoms with E-state index in [0.717, 1.165) is 5.75 Å². The minimum absolute atomic E-state index is 0.361. The molecule has 2 aromatic carbocycles. The molecular weight excluding hydrogens is 399 g/mol. The minimum Gasteiger partial charge on any atom is -0.195 e. The van der Waals surface area contributed by atoms with Crippen molar-refractivity contribution >= 4 is 52.8 Å². The number of thioether (sulfide) groups is 1. The molecule has 0 aliphatic heterocycles. The van der Waals surface area contributed by atoms with Gasteiger partial charge in [-0.05, 0) is 24.6 Å². The van der Waals surface area contributed by atoms with Gasteiger partial charge in [0.05, 0.1) is 21.3 Å². The summed E-state index contributed by atoms with van der Waals surface area (Å²) in [6.45, 7) is 2.06. The fourth-order valence-corrected chi connectivity index (χ4v) is 3.46. The van der Waals surface area contributed by atoms with Crippen molar-refractivity contribution in [2.24, 2.45) is 5.10 Å². The first-order chi connectivity index (χ1) is 12.0. The van der Waals surface area contributed by atoms with Gasteiger partial charge >= 0.3 is 0 Å². The molecule has 0 saturated carbocycles. The molecule has 0 aliphatic rings. The molecule has 1 heterocycles. The molecule has 0 N–H and O–H groups in total. The largest absolute Gasteiger partial charge is 0.212 e. The average molecular weight is 412 g/mol. The summed E-state index contributed by atoms with van der Waals surface area (Å²) in [4.78, 5) is 0. The lowest BCUT2D eigenvalue weighted by atomic mass is 10.2. The molecule has 0 amide bonds. The number of benzene rings is 2. The van der Waals surface area contributed by atoms with E-state index in [4.69, 9.17) is 34.8 Å². The van der Waals surface area contributed by atoms with Gasteiger partial charge < -0.3 is 0 Å². The summed E-state index contributed by atoms with van der Waals surface area (Å²) >= 11 is 19.9. The summed E-state index contributed by atoms with van der Waals surface area (Å²) in [5, 5.41) is 14.3. The highest BCUT2D eigenvalue weighted by molar-refractivity contribution is 7.98. The van der Waals surface area contributed by atoms with Crippen molar-refractivity contribution in [3.05, 3.63) is 74.5 Å². The predicted molar refractivity (Wildman–Crippen MR) is 105 cm³/mol. The predicted octanol–water partition coefficient (Wildman–Crippen LogP) is 5.72. The van der Waals surface area contributed by atoms with Crippen LogP contribution in [0.1, 0.15) is 16.7 Å². The van der Waals surface area contributed by atoms with Gasteiger partial charge in [0, 0.05) is 11.3 Å². The molecule has 0 spiro atoms. The van der Waals surface area contributed by atoms with Gasteiger partial charge in [0.25, 0.3) is 0 Å². The lowest BCUT2D eigenvalue weighted by molar-refractivity contribution is 0.767. The molecule has 0 bridgehead atoms. The average Bonchev–Trinajstić information content (AvgIpc) is 3.05. The lowest BCUT2D eigenvalue weighted by Crippen LogP contribution is -1.94. The van der Waals surface area contributed by atoms with Gasteiger partial charge in [0.15, 0.2) is 0 Å². The van der Waals surface area contributed by atoms with E-state index < -0.39 is 0 Å². The zero-order valence-electron chi connectivity index (χ0n) is 13.2. The van der Waals surface area contributed by atoms with E-state index in [9.17, 15) is 0 Å². The Labute approximate surface area is 164 Å². The van der Waals surface area contributed by atoms with Gasteiger partial charge in [0.2, 0.25) is 5.16 Å². The number of rotatable bonds is 5. The van der Waals surface area contributed by atoms with E-state index in [1.54, 1.807) is 34.8 Å². The summed E-state index contributed by atoms with van der Waals surface area (Å²) in [6.07, 6.45) is 3.08. The van der Waals surface area contributed by atoms with Crippen molar-refractivity contribution in [1.82, 2.24) is 14.9 Å². The Morgan fingerprint density at radius 1 is 1.08 bits per heavy atom. The first-order valence-electron chi connectivity index (χ1n) is 7.31. The third kappa shape index (κ3) is 4.55. The van der Waals surface area contributed by atoms with Crippen LogP contribution in [0.2, 0.25) is 15.1 Å². The van der Waals surface area contributed by atoms with Crippen molar-refractivity contribution in [3.8, 4) is 0 Å². The lowest BCUT2D eigenvalue weighted by Gasteiger charge is -2.04. The Hall–Kier alpha value is -1.53. The molecule has 3 rings (SSSR count). The van der Waals surface area contributed by atoms with Crippen LogP contribution in [0.15, 0.2) is 53.0 Å². The van der Waals surface area contributed by atoms with Gasteiger partial charge in [-0.1, -0.05) is 76.4 Å². The van der Waals surface area contributed by atoms with Gasteiger partial charge in [-0.15, -0.1) is 10.2 Å². The standard InChI is InChI=1S/C17H13Cl3N4S/c1-11-2-4-12(5-3-11)9-25-17-23-21-10-24(17)22-8-13-14(18)6-7-15(19)16(13)20/h2-8,10H,9H2,1H3/b22-8+. The molecule has 128 valence electrons. The number of hydrogen-bond donors (Lipinski definition) is 0. The van der Waals surface area contributed by atoms with Crippen LogP contribution in [-0.2, 0) is 5.75 Å². The van der Waals surface area contributed by atoms with Crippen LogP contribution in [0.4, 0.5) is 0 Å². The van der Waals surface area contributed by atoms with Crippen LogP contribution in [0.5, 0.6) is 0 Å². The zero-order valence-corrected chi connectivity index (χ0v) is 16.2. The second-order valence-corrected chi connectivity index (χ2v) is 7.37. The highest BCUT2D eigenvalue weighted by Gasteiger charge is 2.09. The van der Waals surface area contributed by atoms with Crippen molar-refractivity contribution in [3.63, 3.8) is 0 Å². The van der Waals surface area contributed by atoms with Crippen LogP contribution in [0.25, 0.3) is 0 Å². The maximum atomic E-state index is 6.18. The SMILES string of the molecule is Cc1ccc(CSc2nncn2/N=C/c2c(Cl)ccc(Cl)c2Cl)cc1. The first kappa shape index (κ1) is 18.3. The Bertz CT molecular complexity index is 907. The van der Waals surface area contributed by atoms with Crippen LogP contribution < -0.4 is 0 Å². The van der Waals surface area contributed by atoms with Crippen molar-refractivity contribution in [2.45, 2.75) is 17.8 Å². The summed E-state index contributed by atoms with van der Waals surface area (Å²) in [7, 11) is 0. The number of hydrogen-bond acceptors (Lipinski definition) is 4. The van der Waals surface area contributed by atoms with Crippen molar-refractivity contribution < 1.29 is 0 Å². The van der Waals surface area contributed by atoms with Crippen molar-refractivity contribution in [2.75, 3.05) is 0 Å². The van der Waals surface area contributed by atoms with Gasteiger partial charge in [-0.25, -0.2) is 0 Å². The molecule has 1 aromatic heterocycles. The first-order valence-corrected chi connectivity index (χ1v) is 9.43. The van der Waals surface area contributed by atoms with Crippen LogP contribution >= 0.6 is 46.6 Å². The smallest absolute Gasteiger partial charge is 0.195 e. The molecule has 0 atom stereocenters. The summed E-state index contributed by atoms with van der Waals surface area (Å²) in [6, 6.07) is 11.7. The molecule has 0 fully saturated rings. The Morgan fingerprint density at radius 2 is 1.80 bits per heavy atom. The van der Waals surface area contributed by atoms with E-state index in [1.165, 1.54) is 17.5 Å². The van der Waals surface area contributed by atoms with Crippen LogP contribution in [0, 0.1) is 6.92 Å². The summed E-state index contributed by atoms with van der Waals surface area (Å²) < 4.78 is 1.58. The van der Waals surface area contributed by atoms with Gasteiger partial charge in [-0.2, -0.15) is 9.78 Å². The molecule has 0 unspecified atom stereocenters. The molecule has 8 heteroatoms. The second-order valence-electron chi connectivity index (χ2n) is 5.23. The monoisotopic (exact) mass is 410 g/mol. The molecule has 0 aliphatic carbocycles. The quantitative estimate of drug-likeness (QED) is 0.306. The molecule has 0 radical (unpaired) electrons. The number of aromatic nitrogens is 3. The molecule has 3 aromatic rings. The van der Waals surface area contributed by atoms with E-state index in [1.807, 2.05) is 0 Å². The maximum Gasteiger partial charge on any atom is 0.212 e. The minimum atomic E-state index is 0.361. The van der Waals surface area contributed by atoms with E-state index in [0.29, 0.717) is 25.8 Å². The van der Waals surface area contributed by atoms with Gasteiger partial charge in [-0.3, -0.25) is 0 Å². The summed E-state index contributed by atoms with van der Waals surface area (Å²) in [5.74, 6) is 0.771. The fraction of sp³-hybridized carbons (Fsp3) is 0.118. The third-order valence-electron chi connectivity index (χ3n) is 3.38. The number of nitrogens with zero attached hydrogens (tertiary/aromatic N) is 4. The highest BCUT2D eigenvalue weighted by Crippen LogP contribution is 2.30. The molecular formula is C17H13Cl3N4S. The molecule has 0 saturated heterocycles. The zero-order chi connectivity index (χ0) is 17.8. The van der Waals surface area contributed by atoms with E-state index in [2.05, 4.69) is 46.5 Å². The summed E-state index contributed by atoms with van der Waals surface area (Å²) in [5.41, 5.74) is 2.99. The Kier molecular flexibility index (Phi) is 6.02. The number of aryl methyl sites for hydroxylation is 1. The Morgan fingerprint density at radius 3 is 2.56 bits per heavy atom.